The largest absolute Gasteiger partial charge is 0.458 e. The number of aryl methyl sites for hydroxylation is 1. The van der Waals surface area contributed by atoms with Crippen molar-refractivity contribution in [2.75, 3.05) is 11.9 Å². The van der Waals surface area contributed by atoms with Crippen molar-refractivity contribution in [3.63, 3.8) is 0 Å². The van der Waals surface area contributed by atoms with Crippen LogP contribution in [-0.4, -0.2) is 49.2 Å². The van der Waals surface area contributed by atoms with Gasteiger partial charge in [0, 0.05) is 36.7 Å². The van der Waals surface area contributed by atoms with E-state index in [-0.39, 0.29) is 43.2 Å². The summed E-state index contributed by atoms with van der Waals surface area (Å²) in [5.74, 6) is 0.514. The number of ether oxygens (including phenoxy) is 1. The van der Waals surface area contributed by atoms with E-state index >= 15 is 0 Å². The zero-order valence-electron chi connectivity index (χ0n) is 26.4. The Bertz CT molecular complexity index is 990. The number of hydrogen-bond donors (Lipinski definition) is 1. The zero-order valence-corrected chi connectivity index (χ0v) is 28.0. The number of carbonyl (C=O) groups excluding carboxylic acids is 2. The molecule has 6 nitrogen and oxygen atoms in total. The first kappa shape index (κ1) is 35.6. The number of unbranched alkanes of at least 4 members (excludes halogenated alkanes) is 4. The van der Waals surface area contributed by atoms with Crippen LogP contribution in [0.5, 0.6) is 0 Å². The van der Waals surface area contributed by atoms with E-state index in [1.807, 2.05) is 13.0 Å². The molecule has 1 saturated heterocycles. The van der Waals surface area contributed by atoms with E-state index in [2.05, 4.69) is 76.7 Å². The van der Waals surface area contributed by atoms with E-state index in [0.29, 0.717) is 25.3 Å². The molecule has 43 heavy (non-hydrogen) atoms. The van der Waals surface area contributed by atoms with Crippen LogP contribution < -0.4 is 5.32 Å². The fraction of sp³-hybridized carbons (Fsp3) is 0.657. The van der Waals surface area contributed by atoms with Crippen LogP contribution in [-0.2, 0) is 30.1 Å². The predicted octanol–water partition coefficient (Wildman–Crippen LogP) is 8.00. The van der Waals surface area contributed by atoms with Crippen LogP contribution in [0.4, 0.5) is 0 Å². The Balaban J connectivity index is 1.67. The van der Waals surface area contributed by atoms with Crippen molar-refractivity contribution in [3.05, 3.63) is 60.2 Å². The van der Waals surface area contributed by atoms with Gasteiger partial charge < -0.3 is 19.4 Å². The van der Waals surface area contributed by atoms with Gasteiger partial charge in [0.05, 0.1) is 6.10 Å². The standard InChI is InChI=1S/C35H53BBrNO5/c1-3-5-25-36-42-32-27-33(43-36)31(30(32)18-12-6-7-13-19-34(39)38-4-2)24-23-29(22-21-28-16-10-8-11-17-28)41-35(40)20-14-9-15-26-37/h6,8,10-12,16-17,23-24,29-33H,3-5,7,9,13-15,18-22,25-27H2,1-2H3,(H,38,39)/b12-6-,24-23?/t29?,30-,31+,32-,33+/m0/s1. The third-order valence-electron chi connectivity index (χ3n) is 8.44. The van der Waals surface area contributed by atoms with Gasteiger partial charge in [0.2, 0.25) is 5.91 Å². The summed E-state index contributed by atoms with van der Waals surface area (Å²) in [6.45, 7) is 4.82. The quantitative estimate of drug-likeness (QED) is 0.0477. The van der Waals surface area contributed by atoms with E-state index in [1.54, 1.807) is 0 Å². The summed E-state index contributed by atoms with van der Waals surface area (Å²) in [6.07, 6.45) is 21.1. The van der Waals surface area contributed by atoms with Crippen LogP contribution >= 0.6 is 15.9 Å². The molecule has 1 aliphatic carbocycles. The lowest BCUT2D eigenvalue weighted by Gasteiger charge is -2.27. The molecule has 1 aromatic rings. The number of amides is 1. The highest BCUT2D eigenvalue weighted by Gasteiger charge is 2.49. The third-order valence-corrected chi connectivity index (χ3v) is 9.00. The highest BCUT2D eigenvalue weighted by molar-refractivity contribution is 9.09. The first-order valence-corrected chi connectivity index (χ1v) is 17.9. The Morgan fingerprint density at radius 3 is 2.63 bits per heavy atom. The van der Waals surface area contributed by atoms with Crippen molar-refractivity contribution < 1.29 is 23.6 Å². The molecule has 1 amide bonds. The monoisotopic (exact) mass is 657 g/mol. The Kier molecular flexibility index (Phi) is 17.3. The van der Waals surface area contributed by atoms with Crippen LogP contribution in [0, 0.1) is 11.8 Å². The molecule has 8 heteroatoms. The zero-order chi connectivity index (χ0) is 30.7. The second-order valence-corrected chi connectivity index (χ2v) is 12.7. The summed E-state index contributed by atoms with van der Waals surface area (Å²) < 4.78 is 19.0. The van der Waals surface area contributed by atoms with Gasteiger partial charge in [-0.2, -0.15) is 0 Å². The maximum atomic E-state index is 12.8. The topological polar surface area (TPSA) is 73.9 Å². The van der Waals surface area contributed by atoms with Crippen molar-refractivity contribution in [1.82, 2.24) is 5.32 Å². The highest BCUT2D eigenvalue weighted by atomic mass is 79.9. The molecule has 1 saturated carbocycles. The van der Waals surface area contributed by atoms with E-state index in [0.717, 1.165) is 82.3 Å². The minimum Gasteiger partial charge on any atom is -0.458 e. The van der Waals surface area contributed by atoms with Crippen LogP contribution in [0.15, 0.2) is 54.6 Å². The van der Waals surface area contributed by atoms with E-state index in [9.17, 15) is 9.59 Å². The predicted molar refractivity (Wildman–Crippen MR) is 179 cm³/mol. The van der Waals surface area contributed by atoms with Gasteiger partial charge >= 0.3 is 13.1 Å². The SMILES string of the molecule is CCCCB1O[C@H]2C[C@@H](O1)[C@H](C=CC(CCc1ccccc1)OC(=O)CCCCCBr)[C@@H]2C/C=C\CCCC(=O)NCC. The molecule has 1 unspecified atom stereocenters. The first-order valence-electron chi connectivity index (χ1n) is 16.7. The minimum absolute atomic E-state index is 0.114. The third kappa shape index (κ3) is 13.3. The molecular weight excluding hydrogens is 605 g/mol. The Morgan fingerprint density at radius 1 is 1.05 bits per heavy atom. The Hall–Kier alpha value is -1.90. The van der Waals surface area contributed by atoms with Crippen molar-refractivity contribution >= 4 is 34.9 Å². The summed E-state index contributed by atoms with van der Waals surface area (Å²) in [6, 6.07) is 10.4. The van der Waals surface area contributed by atoms with Crippen LogP contribution in [0.25, 0.3) is 0 Å². The highest BCUT2D eigenvalue weighted by Crippen LogP contribution is 2.44. The lowest BCUT2D eigenvalue weighted by molar-refractivity contribution is -0.147. The van der Waals surface area contributed by atoms with Crippen LogP contribution in [0.2, 0.25) is 6.32 Å². The molecule has 1 aromatic carbocycles. The number of benzene rings is 1. The average molecular weight is 659 g/mol. The van der Waals surface area contributed by atoms with E-state index in [4.69, 9.17) is 14.0 Å². The summed E-state index contributed by atoms with van der Waals surface area (Å²) in [5.41, 5.74) is 1.25. The van der Waals surface area contributed by atoms with Gasteiger partial charge in [-0.15, -0.1) is 0 Å². The lowest BCUT2D eigenvalue weighted by atomic mass is 9.80. The summed E-state index contributed by atoms with van der Waals surface area (Å²) in [7, 11) is -0.142. The summed E-state index contributed by atoms with van der Waals surface area (Å²) in [4.78, 5) is 24.5. The summed E-state index contributed by atoms with van der Waals surface area (Å²) >= 11 is 3.47. The first-order chi connectivity index (χ1) is 21.0. The number of nitrogens with one attached hydrogen (secondary N) is 1. The molecule has 2 aliphatic rings. The molecule has 5 atom stereocenters. The minimum atomic E-state index is -0.272. The van der Waals surface area contributed by atoms with E-state index in [1.165, 1.54) is 5.56 Å². The van der Waals surface area contributed by atoms with Crippen LogP contribution in [0.1, 0.15) is 96.5 Å². The van der Waals surface area contributed by atoms with Gasteiger partial charge in [0.25, 0.3) is 0 Å². The number of rotatable bonds is 21. The van der Waals surface area contributed by atoms with Crippen molar-refractivity contribution in [2.24, 2.45) is 11.8 Å². The number of carbonyl (C=O) groups is 2. The Labute approximate surface area is 269 Å². The van der Waals surface area contributed by atoms with Gasteiger partial charge in [-0.3, -0.25) is 9.59 Å². The number of fused-ring (bicyclic) bond motifs is 2. The lowest BCUT2D eigenvalue weighted by Crippen LogP contribution is -2.37. The molecule has 238 valence electrons. The van der Waals surface area contributed by atoms with Gasteiger partial charge in [-0.25, -0.2) is 0 Å². The van der Waals surface area contributed by atoms with Gasteiger partial charge in [-0.1, -0.05) is 90.7 Å². The van der Waals surface area contributed by atoms with Gasteiger partial charge in [-0.05, 0) is 82.2 Å². The van der Waals surface area contributed by atoms with Crippen molar-refractivity contribution in [1.29, 1.82) is 0 Å². The molecule has 1 N–H and O–H groups in total. The Morgan fingerprint density at radius 2 is 1.86 bits per heavy atom. The molecule has 3 rings (SSSR count). The average Bonchev–Trinajstić information content (AvgIpc) is 3.25. The summed E-state index contributed by atoms with van der Waals surface area (Å²) in [5, 5.41) is 3.83. The molecule has 1 aliphatic heterocycles. The number of esters is 1. The smallest absolute Gasteiger partial charge is 0.457 e. The number of alkyl halides is 1. The molecule has 1 heterocycles. The molecular formula is C35H53BBrNO5. The normalized spacial score (nSPS) is 22.3. The fourth-order valence-electron chi connectivity index (χ4n) is 6.10. The number of allylic oxidation sites excluding steroid dienone is 2. The maximum Gasteiger partial charge on any atom is 0.457 e. The second kappa shape index (κ2) is 21.0. The second-order valence-electron chi connectivity index (χ2n) is 11.9. The van der Waals surface area contributed by atoms with Crippen molar-refractivity contribution in [2.45, 2.75) is 122 Å². The molecule has 0 spiro atoms. The molecule has 0 aromatic heterocycles. The van der Waals surface area contributed by atoms with Gasteiger partial charge in [0.15, 0.2) is 0 Å². The fourth-order valence-corrected chi connectivity index (χ4v) is 6.49. The molecule has 2 fully saturated rings. The molecule has 0 radical (unpaired) electrons. The maximum absolute atomic E-state index is 12.8. The van der Waals surface area contributed by atoms with Gasteiger partial charge in [0.1, 0.15) is 6.10 Å². The van der Waals surface area contributed by atoms with Crippen molar-refractivity contribution in [3.8, 4) is 0 Å². The van der Waals surface area contributed by atoms with Crippen LogP contribution in [0.3, 0.4) is 0 Å². The number of hydrogen-bond acceptors (Lipinski definition) is 5. The molecule has 2 bridgehead atoms. The number of halogens is 1. The van der Waals surface area contributed by atoms with E-state index < -0.39 is 0 Å².